The smallest absolute Gasteiger partial charge is 0.336 e. The second-order valence-electron chi connectivity index (χ2n) is 6.99. The molecule has 4 atom stereocenters. The summed E-state index contributed by atoms with van der Waals surface area (Å²) in [4.78, 5) is 46.7. The molecule has 1 aliphatic heterocycles. The van der Waals surface area contributed by atoms with E-state index in [4.69, 9.17) is 23.4 Å². The molecule has 0 N–H and O–H groups in total. The number of carbonyl (C=O) groups excluding carboxylic acids is 3. The van der Waals surface area contributed by atoms with Gasteiger partial charge in [-0.2, -0.15) is 0 Å². The Balaban J connectivity index is 1.98. The molecule has 1 saturated heterocycles. The molecule has 1 aromatic carbocycles. The standard InChI is InChI=1S/C21H22O9S/c1-10-8-17(25)29-14-6-5-7-15(18(10)14)30-21-20(28-13(4)24)19(27-12(3)23)16(9-31-21)26-11(2)22/h5-8,16,19-21H,9H2,1-4H3/t16-,19+,20-,21-/m1/s1. The molecule has 0 saturated carbocycles. The van der Waals surface area contributed by atoms with E-state index in [9.17, 15) is 19.2 Å². The third-order valence-corrected chi connectivity index (χ3v) is 5.69. The van der Waals surface area contributed by atoms with Crippen LogP contribution in [0, 0.1) is 6.92 Å². The van der Waals surface area contributed by atoms with E-state index in [1.165, 1.54) is 38.6 Å². The molecular formula is C21H22O9S. The van der Waals surface area contributed by atoms with Crippen molar-refractivity contribution in [3.05, 3.63) is 40.2 Å². The molecule has 0 amide bonds. The summed E-state index contributed by atoms with van der Waals surface area (Å²) < 4.78 is 27.5. The number of thioether (sulfide) groups is 1. The number of hydrogen-bond donors (Lipinski definition) is 0. The fourth-order valence-electron chi connectivity index (χ4n) is 3.40. The molecule has 166 valence electrons. The number of aryl methyl sites for hydroxylation is 1. The van der Waals surface area contributed by atoms with Crippen molar-refractivity contribution in [3.63, 3.8) is 0 Å². The number of carbonyl (C=O) groups is 3. The average Bonchev–Trinajstić information content (AvgIpc) is 2.64. The van der Waals surface area contributed by atoms with Gasteiger partial charge >= 0.3 is 23.5 Å². The number of hydrogen-bond acceptors (Lipinski definition) is 10. The number of rotatable bonds is 5. The summed E-state index contributed by atoms with van der Waals surface area (Å²) in [5.41, 5.74) is -0.259. The third kappa shape index (κ3) is 5.38. The van der Waals surface area contributed by atoms with Gasteiger partial charge in [-0.25, -0.2) is 4.79 Å². The van der Waals surface area contributed by atoms with Gasteiger partial charge in [0.1, 0.15) is 11.3 Å². The van der Waals surface area contributed by atoms with Crippen LogP contribution in [0.3, 0.4) is 0 Å². The summed E-state index contributed by atoms with van der Waals surface area (Å²) in [6, 6.07) is 6.36. The maximum atomic E-state index is 11.8. The normalized spacial score (nSPS) is 23.1. The zero-order valence-corrected chi connectivity index (χ0v) is 18.2. The zero-order chi connectivity index (χ0) is 22.7. The van der Waals surface area contributed by atoms with Crippen LogP contribution in [0.2, 0.25) is 0 Å². The minimum atomic E-state index is -1.05. The molecule has 2 heterocycles. The summed E-state index contributed by atoms with van der Waals surface area (Å²) in [6.07, 6.45) is -2.91. The molecule has 0 spiro atoms. The van der Waals surface area contributed by atoms with Crippen LogP contribution in [0.5, 0.6) is 5.75 Å². The SMILES string of the molecule is CC(=O)O[C@@H]1[C@@H](OC(C)=O)[C@H](OC(C)=O)CS[C@H]1Oc1cccc2oc(=O)cc(C)c12. The van der Waals surface area contributed by atoms with Crippen LogP contribution in [0.4, 0.5) is 0 Å². The lowest BCUT2D eigenvalue weighted by atomic mass is 10.1. The highest BCUT2D eigenvalue weighted by Gasteiger charge is 2.47. The van der Waals surface area contributed by atoms with Crippen LogP contribution in [-0.4, -0.2) is 47.4 Å². The molecular weight excluding hydrogens is 428 g/mol. The minimum Gasteiger partial charge on any atom is -0.475 e. The fraction of sp³-hybridized carbons (Fsp3) is 0.429. The van der Waals surface area contributed by atoms with E-state index in [-0.39, 0.29) is 5.75 Å². The molecule has 0 bridgehead atoms. The first kappa shape index (κ1) is 22.7. The van der Waals surface area contributed by atoms with Gasteiger partial charge in [-0.15, -0.1) is 11.8 Å². The number of esters is 3. The predicted octanol–water partition coefficient (Wildman–Crippen LogP) is 2.35. The molecule has 0 unspecified atom stereocenters. The largest absolute Gasteiger partial charge is 0.475 e. The number of fused-ring (bicyclic) bond motifs is 1. The highest BCUT2D eigenvalue weighted by molar-refractivity contribution is 7.99. The van der Waals surface area contributed by atoms with Gasteiger partial charge in [-0.3, -0.25) is 14.4 Å². The van der Waals surface area contributed by atoms with E-state index in [1.54, 1.807) is 25.1 Å². The van der Waals surface area contributed by atoms with Gasteiger partial charge in [0, 0.05) is 32.6 Å². The maximum Gasteiger partial charge on any atom is 0.336 e. The van der Waals surface area contributed by atoms with Crippen LogP contribution < -0.4 is 10.4 Å². The molecule has 2 aromatic rings. The molecule has 1 aliphatic rings. The van der Waals surface area contributed by atoms with Crippen molar-refractivity contribution in [2.24, 2.45) is 0 Å². The van der Waals surface area contributed by atoms with Crippen molar-refractivity contribution in [3.8, 4) is 5.75 Å². The number of ether oxygens (including phenoxy) is 4. The monoisotopic (exact) mass is 450 g/mol. The molecule has 3 rings (SSSR count). The van der Waals surface area contributed by atoms with Gasteiger partial charge in [-0.05, 0) is 24.6 Å². The first-order valence-corrected chi connectivity index (χ1v) is 10.5. The van der Waals surface area contributed by atoms with Gasteiger partial charge in [0.25, 0.3) is 0 Å². The fourth-order valence-corrected chi connectivity index (χ4v) is 4.61. The second kappa shape index (κ2) is 9.42. The minimum absolute atomic E-state index is 0.249. The van der Waals surface area contributed by atoms with Crippen LogP contribution >= 0.6 is 11.8 Å². The van der Waals surface area contributed by atoms with E-state index in [1.807, 2.05) is 0 Å². The first-order chi connectivity index (χ1) is 14.7. The first-order valence-electron chi connectivity index (χ1n) is 9.49. The van der Waals surface area contributed by atoms with Crippen LogP contribution in [0.15, 0.2) is 33.5 Å². The maximum absolute atomic E-state index is 11.8. The van der Waals surface area contributed by atoms with E-state index < -0.39 is 47.3 Å². The lowest BCUT2D eigenvalue weighted by Crippen LogP contribution is -2.55. The van der Waals surface area contributed by atoms with Crippen LogP contribution in [0.1, 0.15) is 26.3 Å². The Morgan fingerprint density at radius 3 is 2.29 bits per heavy atom. The Morgan fingerprint density at radius 2 is 1.65 bits per heavy atom. The number of benzene rings is 1. The summed E-state index contributed by atoms with van der Waals surface area (Å²) >= 11 is 1.25. The lowest BCUT2D eigenvalue weighted by Gasteiger charge is -2.40. The zero-order valence-electron chi connectivity index (χ0n) is 17.4. The summed E-state index contributed by atoms with van der Waals surface area (Å²) in [6.45, 7) is 5.43. The summed E-state index contributed by atoms with van der Waals surface area (Å²) in [7, 11) is 0. The highest BCUT2D eigenvalue weighted by Crippen LogP contribution is 2.36. The van der Waals surface area contributed by atoms with E-state index in [0.29, 0.717) is 22.3 Å². The Kier molecular flexibility index (Phi) is 6.89. The van der Waals surface area contributed by atoms with Gasteiger partial charge in [-0.1, -0.05) is 6.07 Å². The molecule has 0 aliphatic carbocycles. The van der Waals surface area contributed by atoms with Gasteiger partial charge in [0.05, 0.1) is 5.39 Å². The second-order valence-corrected chi connectivity index (χ2v) is 8.12. The quantitative estimate of drug-likeness (QED) is 0.381. The molecule has 1 fully saturated rings. The molecule has 9 nitrogen and oxygen atoms in total. The van der Waals surface area contributed by atoms with Crippen LogP contribution in [0.25, 0.3) is 11.0 Å². The van der Waals surface area contributed by atoms with Crippen LogP contribution in [-0.2, 0) is 28.6 Å². The van der Waals surface area contributed by atoms with Gasteiger partial charge in [0.15, 0.2) is 23.7 Å². The third-order valence-electron chi connectivity index (χ3n) is 4.48. The molecule has 10 heteroatoms. The Hall–Kier alpha value is -3.01. The van der Waals surface area contributed by atoms with Gasteiger partial charge in [0.2, 0.25) is 0 Å². The van der Waals surface area contributed by atoms with Crippen molar-refractivity contribution in [2.45, 2.75) is 51.4 Å². The van der Waals surface area contributed by atoms with E-state index in [2.05, 4.69) is 0 Å². The van der Waals surface area contributed by atoms with E-state index in [0.717, 1.165) is 0 Å². The average molecular weight is 450 g/mol. The van der Waals surface area contributed by atoms with E-state index >= 15 is 0 Å². The Bertz CT molecular complexity index is 1060. The molecule has 1 aromatic heterocycles. The van der Waals surface area contributed by atoms with Crippen molar-refractivity contribution in [1.29, 1.82) is 0 Å². The summed E-state index contributed by atoms with van der Waals surface area (Å²) in [5, 5.41) is 0.593. The van der Waals surface area contributed by atoms with Gasteiger partial charge < -0.3 is 23.4 Å². The summed E-state index contributed by atoms with van der Waals surface area (Å²) in [5.74, 6) is -1.13. The molecule has 0 radical (unpaired) electrons. The highest BCUT2D eigenvalue weighted by atomic mass is 32.2. The Morgan fingerprint density at radius 1 is 1.00 bits per heavy atom. The van der Waals surface area contributed by atoms with Crippen molar-refractivity contribution < 1.29 is 37.7 Å². The van der Waals surface area contributed by atoms with Crippen molar-refractivity contribution >= 4 is 40.6 Å². The Labute approximate surface area is 182 Å². The van der Waals surface area contributed by atoms with Crippen molar-refractivity contribution in [2.75, 3.05) is 5.75 Å². The van der Waals surface area contributed by atoms with Crippen molar-refractivity contribution in [1.82, 2.24) is 0 Å². The topological polar surface area (TPSA) is 118 Å². The lowest BCUT2D eigenvalue weighted by molar-refractivity contribution is -0.186. The molecule has 31 heavy (non-hydrogen) atoms. The predicted molar refractivity (Wildman–Crippen MR) is 111 cm³/mol.